The van der Waals surface area contributed by atoms with Crippen LogP contribution in [0.25, 0.3) is 0 Å². The summed E-state index contributed by atoms with van der Waals surface area (Å²) in [5, 5.41) is 7.76. The molecule has 1 saturated carbocycles. The number of hydrogen-bond acceptors (Lipinski definition) is 2. The number of carbonyl (C=O) groups excluding carboxylic acids is 1. The van der Waals surface area contributed by atoms with Gasteiger partial charge in [0.1, 0.15) is 13.2 Å². The molecule has 0 spiro atoms. The zero-order valence-electron chi connectivity index (χ0n) is 13.2. The highest BCUT2D eigenvalue weighted by Gasteiger charge is 2.36. The molecule has 1 aliphatic heterocycles. The fourth-order valence-electron chi connectivity index (χ4n) is 3.14. The molecule has 3 rings (SSSR count). The largest absolute Gasteiger partial charge is 0.447 e. The Balaban J connectivity index is 1.65. The Morgan fingerprint density at radius 2 is 1.82 bits per heavy atom. The molecule has 0 saturated heterocycles. The summed E-state index contributed by atoms with van der Waals surface area (Å²) in [5.41, 5.74) is 0. The number of quaternary nitrogens is 1. The maximum absolute atomic E-state index is 12.6. The second-order valence-corrected chi connectivity index (χ2v) is 6.38. The monoisotopic (exact) mass is 301 g/mol. The fourth-order valence-corrected chi connectivity index (χ4v) is 3.14. The van der Waals surface area contributed by atoms with E-state index in [1.165, 1.54) is 32.1 Å². The van der Waals surface area contributed by atoms with Gasteiger partial charge in [-0.3, -0.25) is 0 Å². The summed E-state index contributed by atoms with van der Waals surface area (Å²) in [6, 6.07) is 4.16. The molecule has 2 amide bonds. The Labute approximate surface area is 131 Å². The Bertz CT molecular complexity index is 567. The average Bonchev–Trinajstić information content (AvgIpc) is 3.11. The molecular formula is C17H25N4O+. The number of carbonyl (C=O) groups is 1. The molecule has 5 heteroatoms. The predicted octanol–water partition coefficient (Wildman–Crippen LogP) is 3.45. The van der Waals surface area contributed by atoms with Gasteiger partial charge in [-0.1, -0.05) is 36.7 Å². The van der Waals surface area contributed by atoms with Gasteiger partial charge in [-0.2, -0.15) is 0 Å². The molecule has 0 bridgehead atoms. The van der Waals surface area contributed by atoms with Crippen molar-refractivity contribution in [3.63, 3.8) is 0 Å². The Hall–Kier alpha value is -1.88. The molecule has 22 heavy (non-hydrogen) atoms. The van der Waals surface area contributed by atoms with Crippen LogP contribution in [0.2, 0.25) is 0 Å². The average molecular weight is 301 g/mol. The summed E-state index contributed by atoms with van der Waals surface area (Å²) in [7, 11) is 1.82. The molecule has 5 nitrogen and oxygen atoms in total. The highest BCUT2D eigenvalue weighted by molar-refractivity contribution is 5.96. The van der Waals surface area contributed by atoms with E-state index in [1.807, 2.05) is 48.4 Å². The number of nitrogens with zero attached hydrogens (tertiary/aromatic N) is 3. The van der Waals surface area contributed by atoms with Crippen molar-refractivity contribution in [1.29, 1.82) is 0 Å². The van der Waals surface area contributed by atoms with Gasteiger partial charge in [0.15, 0.2) is 5.84 Å². The number of aromatic nitrogens is 1. The second kappa shape index (κ2) is 6.48. The molecule has 1 N–H and O–H groups in total. The van der Waals surface area contributed by atoms with E-state index in [1.54, 1.807) is 0 Å². The first kappa shape index (κ1) is 15.0. The van der Waals surface area contributed by atoms with Gasteiger partial charge in [-0.25, -0.2) is 4.79 Å². The second-order valence-electron chi connectivity index (χ2n) is 6.38. The zero-order valence-corrected chi connectivity index (χ0v) is 13.2. The highest BCUT2D eigenvalue weighted by Crippen LogP contribution is 2.20. The number of rotatable bonds is 1. The first-order valence-corrected chi connectivity index (χ1v) is 8.27. The van der Waals surface area contributed by atoms with Gasteiger partial charge in [-0.05, 0) is 30.1 Å². The van der Waals surface area contributed by atoms with Crippen LogP contribution in [0.5, 0.6) is 0 Å². The van der Waals surface area contributed by atoms with Gasteiger partial charge >= 0.3 is 6.03 Å². The molecule has 2 aliphatic rings. The van der Waals surface area contributed by atoms with Crippen molar-refractivity contribution in [2.45, 2.75) is 51.0 Å². The molecule has 0 radical (unpaired) electrons. The maximum Gasteiger partial charge on any atom is 0.447 e. The van der Waals surface area contributed by atoms with Crippen molar-refractivity contribution in [3.05, 3.63) is 36.8 Å². The molecule has 1 atom stereocenters. The lowest BCUT2D eigenvalue weighted by molar-refractivity contribution is -0.780. The number of hydrogen-bond donors (Lipinski definition) is 1. The summed E-state index contributed by atoms with van der Waals surface area (Å²) in [5.74, 6) is 0.792. The smallest absolute Gasteiger partial charge is 0.304 e. The number of urea groups is 1. The first-order chi connectivity index (χ1) is 10.7. The number of amides is 2. The van der Waals surface area contributed by atoms with E-state index in [2.05, 4.69) is 10.4 Å². The third-order valence-corrected chi connectivity index (χ3v) is 4.54. The van der Waals surface area contributed by atoms with Gasteiger partial charge in [0.25, 0.3) is 0 Å². The standard InChI is InChI=1S/C17H24N4O/c1-21(14-11-16(19-21)20-12-7-8-13-20)17(22)18-15-9-5-3-2-4-6-10-15/h7-8,11-15H,2-6,9-10H2,1H3/p+1/t21-/m1/s1. The lowest BCUT2D eigenvalue weighted by Gasteiger charge is -2.24. The van der Waals surface area contributed by atoms with E-state index in [-0.39, 0.29) is 10.6 Å². The van der Waals surface area contributed by atoms with Crippen LogP contribution < -0.4 is 5.32 Å². The van der Waals surface area contributed by atoms with Crippen LogP contribution in [0.1, 0.15) is 44.9 Å². The Morgan fingerprint density at radius 3 is 2.50 bits per heavy atom. The van der Waals surface area contributed by atoms with E-state index >= 15 is 0 Å². The molecule has 1 fully saturated rings. The summed E-state index contributed by atoms with van der Waals surface area (Å²) < 4.78 is 1.87. The van der Waals surface area contributed by atoms with E-state index < -0.39 is 0 Å². The first-order valence-electron chi connectivity index (χ1n) is 8.27. The molecule has 0 aromatic carbocycles. The number of allylic oxidation sites excluding steroid dienone is 1. The topological polar surface area (TPSA) is 46.4 Å². The third-order valence-electron chi connectivity index (χ3n) is 4.54. The summed E-state index contributed by atoms with van der Waals surface area (Å²) in [6.07, 6.45) is 16.1. The van der Waals surface area contributed by atoms with Gasteiger partial charge < -0.3 is 9.88 Å². The van der Waals surface area contributed by atoms with Crippen LogP contribution in [0.3, 0.4) is 0 Å². The lowest BCUT2D eigenvalue weighted by atomic mass is 9.97. The SMILES string of the molecule is C[N@+]1(C(=O)NC2CCCCCCC2)C=CC(n2cccc2)=N1. The van der Waals surface area contributed by atoms with E-state index in [9.17, 15) is 4.79 Å². The molecule has 1 aliphatic carbocycles. The highest BCUT2D eigenvalue weighted by atomic mass is 16.2. The zero-order chi connectivity index (χ0) is 15.4. The van der Waals surface area contributed by atoms with Crippen LogP contribution in [0.4, 0.5) is 4.79 Å². The van der Waals surface area contributed by atoms with Crippen LogP contribution in [0.15, 0.2) is 41.9 Å². The molecule has 118 valence electrons. The molecule has 2 heterocycles. The van der Waals surface area contributed by atoms with Crippen molar-refractivity contribution >= 4 is 11.9 Å². The van der Waals surface area contributed by atoms with Crippen molar-refractivity contribution in [2.24, 2.45) is 5.10 Å². The van der Waals surface area contributed by atoms with E-state index in [4.69, 9.17) is 0 Å². The Morgan fingerprint density at radius 1 is 1.18 bits per heavy atom. The minimum atomic E-state index is -0.0516. The molecule has 1 aromatic heterocycles. The summed E-state index contributed by atoms with van der Waals surface area (Å²) in [4.78, 5) is 12.6. The normalized spacial score (nSPS) is 26.3. The van der Waals surface area contributed by atoms with E-state index in [0.29, 0.717) is 6.04 Å². The minimum absolute atomic E-state index is 0.0380. The minimum Gasteiger partial charge on any atom is -0.304 e. The van der Waals surface area contributed by atoms with Crippen LogP contribution in [-0.4, -0.2) is 34.1 Å². The quantitative estimate of drug-likeness (QED) is 0.793. The molecular weight excluding hydrogens is 276 g/mol. The van der Waals surface area contributed by atoms with Crippen LogP contribution in [-0.2, 0) is 0 Å². The lowest BCUT2D eigenvalue weighted by Crippen LogP contribution is -2.49. The molecule has 1 aromatic rings. The third kappa shape index (κ3) is 3.30. The van der Waals surface area contributed by atoms with Gasteiger partial charge in [-0.15, -0.1) is 0 Å². The van der Waals surface area contributed by atoms with Gasteiger partial charge in [0, 0.05) is 24.5 Å². The van der Waals surface area contributed by atoms with Crippen molar-refractivity contribution in [2.75, 3.05) is 7.05 Å². The van der Waals surface area contributed by atoms with Crippen molar-refractivity contribution in [1.82, 2.24) is 9.88 Å². The van der Waals surface area contributed by atoms with Crippen molar-refractivity contribution in [3.8, 4) is 0 Å². The Kier molecular flexibility index (Phi) is 4.43. The van der Waals surface area contributed by atoms with E-state index in [0.717, 1.165) is 18.7 Å². The van der Waals surface area contributed by atoms with Gasteiger partial charge in [0.05, 0.1) is 0 Å². The predicted molar refractivity (Wildman–Crippen MR) is 87.2 cm³/mol. The van der Waals surface area contributed by atoms with Crippen LogP contribution in [0, 0.1) is 0 Å². The summed E-state index contributed by atoms with van der Waals surface area (Å²) >= 11 is 0. The molecule has 0 unspecified atom stereocenters. The summed E-state index contributed by atoms with van der Waals surface area (Å²) in [6.45, 7) is 0. The number of nitrogens with one attached hydrogen (secondary N) is 1. The maximum atomic E-state index is 12.6. The fraction of sp³-hybridized carbons (Fsp3) is 0.529. The van der Waals surface area contributed by atoms with Crippen molar-refractivity contribution < 1.29 is 9.39 Å². The van der Waals surface area contributed by atoms with Crippen LogP contribution >= 0.6 is 0 Å². The van der Waals surface area contributed by atoms with Gasteiger partial charge in [0.2, 0.25) is 0 Å².